The lowest BCUT2D eigenvalue weighted by Crippen LogP contribution is -2.15. The van der Waals surface area contributed by atoms with Crippen molar-refractivity contribution in [3.8, 4) is 22.3 Å². The van der Waals surface area contributed by atoms with Gasteiger partial charge in [-0.1, -0.05) is 72.8 Å². The van der Waals surface area contributed by atoms with Gasteiger partial charge in [0.2, 0.25) is 0 Å². The van der Waals surface area contributed by atoms with Gasteiger partial charge in [-0.25, -0.2) is 0 Å². The van der Waals surface area contributed by atoms with Gasteiger partial charge in [0.1, 0.15) is 0 Å². The minimum Gasteiger partial charge on any atom is -0.380 e. The molecule has 0 radical (unpaired) electrons. The highest BCUT2D eigenvalue weighted by molar-refractivity contribution is 6.19. The van der Waals surface area contributed by atoms with Crippen molar-refractivity contribution in [2.45, 2.75) is 13.1 Å². The number of carbonyl (C=O) groups is 1. The largest absolute Gasteiger partial charge is 0.380 e. The summed E-state index contributed by atoms with van der Waals surface area (Å²) in [6.07, 6.45) is 0. The Morgan fingerprint density at radius 1 is 0.567 bits per heavy atom. The van der Waals surface area contributed by atoms with E-state index in [4.69, 9.17) is 0 Å². The van der Waals surface area contributed by atoms with Crippen LogP contribution in [0.2, 0.25) is 0 Å². The Morgan fingerprint density at radius 3 is 1.53 bits per heavy atom. The van der Waals surface area contributed by atoms with E-state index in [1.54, 1.807) is 0 Å². The molecule has 0 amide bonds. The number of ketones is 1. The van der Waals surface area contributed by atoms with E-state index in [-0.39, 0.29) is 5.78 Å². The van der Waals surface area contributed by atoms with E-state index in [1.807, 2.05) is 48.5 Å². The van der Waals surface area contributed by atoms with Crippen molar-refractivity contribution in [2.24, 2.45) is 0 Å². The molecule has 3 heteroatoms. The Labute approximate surface area is 175 Å². The third-order valence-electron chi connectivity index (χ3n) is 6.13. The van der Waals surface area contributed by atoms with Gasteiger partial charge in [-0.3, -0.25) is 4.79 Å². The van der Waals surface area contributed by atoms with Gasteiger partial charge >= 0.3 is 0 Å². The van der Waals surface area contributed by atoms with Crippen molar-refractivity contribution in [3.63, 3.8) is 0 Å². The maximum atomic E-state index is 14.0. The lowest BCUT2D eigenvalue weighted by Gasteiger charge is -2.26. The molecule has 2 N–H and O–H groups in total. The Bertz CT molecular complexity index is 1220. The first-order chi connectivity index (χ1) is 14.8. The first kappa shape index (κ1) is 17.0. The van der Waals surface area contributed by atoms with Crippen LogP contribution in [-0.4, -0.2) is 5.78 Å². The fourth-order valence-corrected chi connectivity index (χ4v) is 4.72. The van der Waals surface area contributed by atoms with Gasteiger partial charge in [-0.05, 0) is 34.4 Å². The Kier molecular flexibility index (Phi) is 3.75. The fraction of sp³-hybridized carbons (Fsp3) is 0.0741. The third-order valence-corrected chi connectivity index (χ3v) is 6.13. The van der Waals surface area contributed by atoms with Crippen LogP contribution < -0.4 is 10.6 Å². The minimum absolute atomic E-state index is 0.0562. The summed E-state index contributed by atoms with van der Waals surface area (Å²) in [6.45, 7) is 1.55. The fourth-order valence-electron chi connectivity index (χ4n) is 4.72. The molecular formula is C27H20N2O. The molecule has 4 aromatic carbocycles. The Balaban J connectivity index is 1.57. The van der Waals surface area contributed by atoms with E-state index >= 15 is 0 Å². The summed E-state index contributed by atoms with van der Waals surface area (Å²) in [5.74, 6) is 0.0562. The van der Waals surface area contributed by atoms with Crippen LogP contribution in [0.25, 0.3) is 22.3 Å². The molecule has 0 spiro atoms. The average molecular weight is 388 g/mol. The number of hydrogen-bond acceptors (Lipinski definition) is 3. The van der Waals surface area contributed by atoms with Crippen LogP contribution in [0, 0.1) is 0 Å². The normalized spacial score (nSPS) is 13.1. The van der Waals surface area contributed by atoms with E-state index in [9.17, 15) is 4.79 Å². The Morgan fingerprint density at radius 2 is 1.03 bits per heavy atom. The minimum atomic E-state index is 0.0562. The van der Waals surface area contributed by atoms with Gasteiger partial charge in [0.25, 0.3) is 0 Å². The molecule has 3 nitrogen and oxygen atoms in total. The molecule has 6 rings (SSSR count). The van der Waals surface area contributed by atoms with Crippen molar-refractivity contribution in [1.82, 2.24) is 0 Å². The van der Waals surface area contributed by atoms with Crippen molar-refractivity contribution in [1.29, 1.82) is 0 Å². The highest BCUT2D eigenvalue weighted by atomic mass is 16.1. The maximum Gasteiger partial charge on any atom is 0.194 e. The molecule has 0 bridgehead atoms. The van der Waals surface area contributed by atoms with Gasteiger partial charge in [0, 0.05) is 46.7 Å². The molecule has 0 aromatic heterocycles. The number of nitrogens with one attached hydrogen (secondary N) is 2. The monoisotopic (exact) mass is 388 g/mol. The van der Waals surface area contributed by atoms with Gasteiger partial charge in [0.05, 0.1) is 0 Å². The van der Waals surface area contributed by atoms with Crippen molar-refractivity contribution in [2.75, 3.05) is 10.6 Å². The first-order valence-electron chi connectivity index (χ1n) is 10.3. The second-order valence-electron chi connectivity index (χ2n) is 7.81. The van der Waals surface area contributed by atoms with Crippen molar-refractivity contribution < 1.29 is 4.79 Å². The van der Waals surface area contributed by atoms with Crippen molar-refractivity contribution in [3.05, 3.63) is 107 Å². The second-order valence-corrected chi connectivity index (χ2v) is 7.81. The molecule has 0 saturated carbocycles. The summed E-state index contributed by atoms with van der Waals surface area (Å²) < 4.78 is 0. The average Bonchev–Trinajstić information content (AvgIpc) is 2.82. The van der Waals surface area contributed by atoms with Gasteiger partial charge in [0.15, 0.2) is 5.78 Å². The molecule has 0 fully saturated rings. The lowest BCUT2D eigenvalue weighted by molar-refractivity contribution is 0.104. The van der Waals surface area contributed by atoms with E-state index in [2.05, 4.69) is 47.0 Å². The first-order valence-corrected chi connectivity index (χ1v) is 10.3. The molecule has 0 aliphatic carbocycles. The van der Waals surface area contributed by atoms with E-state index in [1.165, 1.54) is 11.1 Å². The zero-order chi connectivity index (χ0) is 20.1. The van der Waals surface area contributed by atoms with Crippen LogP contribution in [0.3, 0.4) is 0 Å². The number of rotatable bonds is 2. The molecule has 2 aliphatic heterocycles. The smallest absolute Gasteiger partial charge is 0.194 e. The number of carbonyl (C=O) groups excluding carboxylic acids is 1. The highest BCUT2D eigenvalue weighted by Gasteiger charge is 2.26. The van der Waals surface area contributed by atoms with Crippen LogP contribution >= 0.6 is 0 Å². The van der Waals surface area contributed by atoms with E-state index < -0.39 is 0 Å². The van der Waals surface area contributed by atoms with E-state index in [0.29, 0.717) is 0 Å². The summed E-state index contributed by atoms with van der Waals surface area (Å²) >= 11 is 0. The van der Waals surface area contributed by atoms with Gasteiger partial charge in [-0.15, -0.1) is 0 Å². The van der Waals surface area contributed by atoms with Crippen LogP contribution in [0.4, 0.5) is 11.4 Å². The predicted octanol–water partition coefficient (Wildman–Crippen LogP) is 6.10. The highest BCUT2D eigenvalue weighted by Crippen LogP contribution is 2.42. The van der Waals surface area contributed by atoms with Crippen LogP contribution in [0.15, 0.2) is 84.9 Å². The van der Waals surface area contributed by atoms with Crippen LogP contribution in [0.1, 0.15) is 27.0 Å². The quantitative estimate of drug-likeness (QED) is 0.408. The molecule has 0 unspecified atom stereocenters. The molecule has 4 aromatic rings. The summed E-state index contributed by atoms with van der Waals surface area (Å²) in [6, 6.07) is 28.6. The maximum absolute atomic E-state index is 14.0. The summed E-state index contributed by atoms with van der Waals surface area (Å²) in [7, 11) is 0. The summed E-state index contributed by atoms with van der Waals surface area (Å²) in [5, 5.41) is 6.96. The van der Waals surface area contributed by atoms with Gasteiger partial charge < -0.3 is 10.6 Å². The molecule has 30 heavy (non-hydrogen) atoms. The summed E-state index contributed by atoms with van der Waals surface area (Å²) in [5.41, 5.74) is 10.2. The third kappa shape index (κ3) is 2.49. The number of fused-ring (bicyclic) bond motifs is 6. The molecular weight excluding hydrogens is 368 g/mol. The second kappa shape index (κ2) is 6.60. The Hall–Kier alpha value is -3.85. The molecule has 0 saturated heterocycles. The SMILES string of the molecule is O=C(c1cccc2c1-c1ccccc1CN2)c1cccc2c1-c1ccccc1CN2. The zero-order valence-corrected chi connectivity index (χ0v) is 16.4. The van der Waals surface area contributed by atoms with Crippen molar-refractivity contribution >= 4 is 17.2 Å². The van der Waals surface area contributed by atoms with Crippen LogP contribution in [0.5, 0.6) is 0 Å². The topological polar surface area (TPSA) is 41.1 Å². The molecule has 2 aliphatic rings. The lowest BCUT2D eigenvalue weighted by atomic mass is 9.84. The molecule has 144 valence electrons. The molecule has 2 heterocycles. The number of hydrogen-bond donors (Lipinski definition) is 2. The van der Waals surface area contributed by atoms with Crippen LogP contribution in [-0.2, 0) is 13.1 Å². The van der Waals surface area contributed by atoms with E-state index in [0.717, 1.165) is 57.8 Å². The summed E-state index contributed by atoms with van der Waals surface area (Å²) in [4.78, 5) is 14.0. The zero-order valence-electron chi connectivity index (χ0n) is 16.4. The molecule has 0 atom stereocenters. The standard InChI is InChI=1S/C27H20N2O/c30-27(21-11-5-13-23-25(21)19-9-3-1-7-17(19)15-28-23)22-12-6-14-24-26(22)20-10-4-2-8-18(20)16-29-24/h1-14,28-29H,15-16H2. The number of benzene rings is 4. The number of anilines is 2. The predicted molar refractivity (Wildman–Crippen MR) is 122 cm³/mol. The van der Waals surface area contributed by atoms with Gasteiger partial charge in [-0.2, -0.15) is 0 Å².